The molecule has 1 atom stereocenters. The quantitative estimate of drug-likeness (QED) is 0.818. The molecule has 2 rings (SSSR count). The van der Waals surface area contributed by atoms with Gasteiger partial charge in [0.05, 0.1) is 5.56 Å². The third-order valence-corrected chi connectivity index (χ3v) is 3.17. The van der Waals surface area contributed by atoms with E-state index in [9.17, 15) is 9.59 Å². The van der Waals surface area contributed by atoms with Crippen molar-refractivity contribution < 1.29 is 19.4 Å². The van der Waals surface area contributed by atoms with Crippen LogP contribution in [0.1, 0.15) is 30.1 Å². The number of ether oxygens (including phenoxy) is 1. The molecule has 0 radical (unpaired) electrons. The number of hydrogen-bond acceptors (Lipinski definition) is 3. The smallest absolute Gasteiger partial charge is 0.335 e. The van der Waals surface area contributed by atoms with E-state index in [-0.39, 0.29) is 24.1 Å². The lowest BCUT2D eigenvalue weighted by atomic mass is 10.2. The van der Waals surface area contributed by atoms with Crippen molar-refractivity contribution in [1.29, 1.82) is 0 Å². The van der Waals surface area contributed by atoms with E-state index in [4.69, 9.17) is 9.84 Å². The minimum atomic E-state index is -1.02. The summed E-state index contributed by atoms with van der Waals surface area (Å²) >= 11 is 0. The first-order valence-corrected chi connectivity index (χ1v) is 6.32. The molecule has 0 bridgehead atoms. The van der Waals surface area contributed by atoms with Crippen LogP contribution in [0.25, 0.3) is 0 Å². The first-order valence-electron chi connectivity index (χ1n) is 6.32. The summed E-state index contributed by atoms with van der Waals surface area (Å²) in [6.45, 7) is 1.89. The van der Waals surface area contributed by atoms with E-state index < -0.39 is 5.97 Å². The molecule has 19 heavy (non-hydrogen) atoms. The van der Waals surface area contributed by atoms with Crippen molar-refractivity contribution in [2.45, 2.75) is 25.8 Å². The summed E-state index contributed by atoms with van der Waals surface area (Å²) in [5.41, 5.74) is 0.143. The van der Waals surface area contributed by atoms with Crippen LogP contribution in [0.2, 0.25) is 0 Å². The SMILES string of the molecule is C[C@@H](NC(=O)COc1cccc(C(=O)O)c1)C1CC1. The van der Waals surface area contributed by atoms with Crippen molar-refractivity contribution in [1.82, 2.24) is 5.32 Å². The van der Waals surface area contributed by atoms with Gasteiger partial charge in [-0.3, -0.25) is 4.79 Å². The summed E-state index contributed by atoms with van der Waals surface area (Å²) in [5, 5.41) is 11.7. The molecule has 1 amide bonds. The lowest BCUT2D eigenvalue weighted by Gasteiger charge is -2.13. The van der Waals surface area contributed by atoms with Gasteiger partial charge in [-0.25, -0.2) is 4.79 Å². The third kappa shape index (κ3) is 3.98. The Balaban J connectivity index is 1.82. The Labute approximate surface area is 111 Å². The fraction of sp³-hybridized carbons (Fsp3) is 0.429. The largest absolute Gasteiger partial charge is 0.484 e. The number of benzene rings is 1. The number of amides is 1. The fourth-order valence-electron chi connectivity index (χ4n) is 1.88. The molecule has 1 aliphatic carbocycles. The maximum atomic E-state index is 11.6. The van der Waals surface area contributed by atoms with Crippen LogP contribution in [0.15, 0.2) is 24.3 Å². The molecule has 5 heteroatoms. The van der Waals surface area contributed by atoms with Crippen molar-refractivity contribution in [3.8, 4) is 5.75 Å². The average molecular weight is 263 g/mol. The number of hydrogen-bond donors (Lipinski definition) is 2. The molecule has 0 aromatic heterocycles. The Bertz CT molecular complexity index is 482. The van der Waals surface area contributed by atoms with Gasteiger partial charge in [0, 0.05) is 6.04 Å². The van der Waals surface area contributed by atoms with Crippen LogP contribution in [0.3, 0.4) is 0 Å². The first-order chi connectivity index (χ1) is 9.06. The van der Waals surface area contributed by atoms with E-state index in [0.717, 1.165) is 0 Å². The molecule has 0 saturated heterocycles. The second-order valence-electron chi connectivity index (χ2n) is 4.82. The van der Waals surface area contributed by atoms with Gasteiger partial charge in [-0.15, -0.1) is 0 Å². The molecule has 1 aliphatic rings. The molecule has 1 aromatic carbocycles. The van der Waals surface area contributed by atoms with Gasteiger partial charge in [0.2, 0.25) is 0 Å². The van der Waals surface area contributed by atoms with Crippen LogP contribution in [0.5, 0.6) is 5.75 Å². The van der Waals surface area contributed by atoms with Crippen molar-refractivity contribution in [2.24, 2.45) is 5.92 Å². The van der Waals surface area contributed by atoms with Gasteiger partial charge in [-0.2, -0.15) is 0 Å². The molecule has 2 N–H and O–H groups in total. The predicted molar refractivity (Wildman–Crippen MR) is 69.2 cm³/mol. The molecular formula is C14H17NO4. The Hall–Kier alpha value is -2.04. The number of carboxylic acid groups (broad SMARTS) is 1. The number of carbonyl (C=O) groups is 2. The van der Waals surface area contributed by atoms with Gasteiger partial charge in [0.15, 0.2) is 6.61 Å². The minimum absolute atomic E-state index is 0.0971. The maximum absolute atomic E-state index is 11.6. The Morgan fingerprint density at radius 2 is 2.21 bits per heavy atom. The van der Waals surface area contributed by atoms with Crippen LogP contribution in [-0.4, -0.2) is 29.6 Å². The molecule has 0 heterocycles. The van der Waals surface area contributed by atoms with Gasteiger partial charge in [0.25, 0.3) is 5.91 Å². The van der Waals surface area contributed by atoms with E-state index in [1.54, 1.807) is 12.1 Å². The van der Waals surface area contributed by atoms with Gasteiger partial charge >= 0.3 is 5.97 Å². The molecule has 0 unspecified atom stereocenters. The van der Waals surface area contributed by atoms with E-state index in [2.05, 4.69) is 5.32 Å². The third-order valence-electron chi connectivity index (χ3n) is 3.17. The predicted octanol–water partition coefficient (Wildman–Crippen LogP) is 1.68. The first kappa shape index (κ1) is 13.4. The molecule has 5 nitrogen and oxygen atoms in total. The summed E-state index contributed by atoms with van der Waals surface area (Å²) in [4.78, 5) is 22.4. The zero-order valence-electron chi connectivity index (χ0n) is 10.8. The van der Waals surface area contributed by atoms with E-state index in [1.165, 1.54) is 25.0 Å². The van der Waals surface area contributed by atoms with E-state index in [1.807, 2.05) is 6.92 Å². The van der Waals surface area contributed by atoms with Crippen LogP contribution < -0.4 is 10.1 Å². The Morgan fingerprint density at radius 1 is 1.47 bits per heavy atom. The van der Waals surface area contributed by atoms with E-state index in [0.29, 0.717) is 11.7 Å². The lowest BCUT2D eigenvalue weighted by molar-refractivity contribution is -0.123. The van der Waals surface area contributed by atoms with Crippen LogP contribution in [0, 0.1) is 5.92 Å². The highest BCUT2D eigenvalue weighted by molar-refractivity contribution is 5.88. The summed E-state index contributed by atoms with van der Waals surface area (Å²) in [6, 6.07) is 6.28. The van der Waals surface area contributed by atoms with Crippen LogP contribution in [0.4, 0.5) is 0 Å². The minimum Gasteiger partial charge on any atom is -0.484 e. The topological polar surface area (TPSA) is 75.6 Å². The fourth-order valence-corrected chi connectivity index (χ4v) is 1.88. The molecule has 1 fully saturated rings. The van der Waals surface area contributed by atoms with E-state index >= 15 is 0 Å². The maximum Gasteiger partial charge on any atom is 0.335 e. The summed E-state index contributed by atoms with van der Waals surface area (Å²) in [6.07, 6.45) is 2.34. The molecule has 102 valence electrons. The summed E-state index contributed by atoms with van der Waals surface area (Å²) in [7, 11) is 0. The van der Waals surface area contributed by atoms with Gasteiger partial charge in [0.1, 0.15) is 5.75 Å². The summed E-state index contributed by atoms with van der Waals surface area (Å²) in [5.74, 6) is -0.217. The highest BCUT2D eigenvalue weighted by Gasteiger charge is 2.28. The summed E-state index contributed by atoms with van der Waals surface area (Å²) < 4.78 is 5.28. The van der Waals surface area contributed by atoms with Crippen molar-refractivity contribution >= 4 is 11.9 Å². The number of carboxylic acids is 1. The van der Waals surface area contributed by atoms with Crippen molar-refractivity contribution in [3.63, 3.8) is 0 Å². The molecule has 0 spiro atoms. The van der Waals surface area contributed by atoms with Crippen molar-refractivity contribution in [2.75, 3.05) is 6.61 Å². The average Bonchev–Trinajstić information content (AvgIpc) is 3.21. The number of aromatic carboxylic acids is 1. The zero-order valence-corrected chi connectivity index (χ0v) is 10.8. The van der Waals surface area contributed by atoms with Gasteiger partial charge in [-0.1, -0.05) is 6.07 Å². The molecular weight excluding hydrogens is 246 g/mol. The highest BCUT2D eigenvalue weighted by atomic mass is 16.5. The second kappa shape index (κ2) is 5.73. The number of carbonyl (C=O) groups excluding carboxylic acids is 1. The van der Waals surface area contributed by atoms with Crippen LogP contribution in [-0.2, 0) is 4.79 Å². The normalized spacial score (nSPS) is 15.6. The second-order valence-corrected chi connectivity index (χ2v) is 4.82. The van der Waals surface area contributed by atoms with Crippen molar-refractivity contribution in [3.05, 3.63) is 29.8 Å². The monoisotopic (exact) mass is 263 g/mol. The lowest BCUT2D eigenvalue weighted by Crippen LogP contribution is -2.37. The number of nitrogens with one attached hydrogen (secondary N) is 1. The highest BCUT2D eigenvalue weighted by Crippen LogP contribution is 2.32. The standard InChI is InChI=1S/C14H17NO4/c1-9(10-5-6-10)15-13(16)8-19-12-4-2-3-11(7-12)14(17)18/h2-4,7,9-10H,5-6,8H2,1H3,(H,15,16)(H,17,18)/t9-/m1/s1. The zero-order chi connectivity index (χ0) is 13.8. The van der Waals surface area contributed by atoms with Gasteiger partial charge < -0.3 is 15.2 Å². The Morgan fingerprint density at radius 3 is 2.84 bits per heavy atom. The van der Waals surface area contributed by atoms with Gasteiger partial charge in [-0.05, 0) is 43.9 Å². The van der Waals surface area contributed by atoms with Crippen LogP contribution >= 0.6 is 0 Å². The molecule has 1 saturated carbocycles. The Kier molecular flexibility index (Phi) is 4.04. The molecule has 1 aromatic rings. The number of rotatable bonds is 6. The molecule has 0 aliphatic heterocycles.